The summed E-state index contributed by atoms with van der Waals surface area (Å²) in [5.41, 5.74) is 0. The van der Waals surface area contributed by atoms with Gasteiger partial charge in [0.15, 0.2) is 0 Å². The summed E-state index contributed by atoms with van der Waals surface area (Å²) in [6, 6.07) is 0. The predicted molar refractivity (Wildman–Crippen MR) is 144 cm³/mol. The topological polar surface area (TPSA) is 12.0 Å². The first-order chi connectivity index (χ1) is 15.4. The van der Waals surface area contributed by atoms with Gasteiger partial charge in [-0.1, -0.05) is 134 Å². The van der Waals surface area contributed by atoms with Crippen molar-refractivity contribution in [3.05, 3.63) is 24.3 Å². The van der Waals surface area contributed by atoms with Gasteiger partial charge in [0.05, 0.1) is 0 Å². The summed E-state index contributed by atoms with van der Waals surface area (Å²) < 4.78 is 0. The van der Waals surface area contributed by atoms with Crippen molar-refractivity contribution in [1.29, 1.82) is 0 Å². The quantitative estimate of drug-likeness (QED) is 0.106. The van der Waals surface area contributed by atoms with E-state index in [0.29, 0.717) is 0 Å². The maximum absolute atomic E-state index is 3.64. The van der Waals surface area contributed by atoms with Crippen molar-refractivity contribution in [3.63, 3.8) is 0 Å². The Morgan fingerprint density at radius 3 is 1.23 bits per heavy atom. The minimum atomic E-state index is 1.13. The maximum atomic E-state index is 3.64. The van der Waals surface area contributed by atoms with Crippen LogP contribution in [-0.2, 0) is 0 Å². The third kappa shape index (κ3) is 29.4. The average Bonchev–Trinajstić information content (AvgIpc) is 2.78. The zero-order valence-electron chi connectivity index (χ0n) is 21.8. The SMILES string of the molecule is CCCCCC=CCC=CCCCCCCCCCCCNCCCCCCCCC. The first kappa shape index (κ1) is 30.4. The molecule has 0 aliphatic rings. The fourth-order valence-electron chi connectivity index (χ4n) is 4.10. The number of hydrogen-bond acceptors (Lipinski definition) is 1. The molecule has 0 spiro atoms. The lowest BCUT2D eigenvalue weighted by Crippen LogP contribution is -2.16. The van der Waals surface area contributed by atoms with Crippen LogP contribution < -0.4 is 5.32 Å². The Hall–Kier alpha value is -0.560. The second-order valence-corrected chi connectivity index (χ2v) is 9.52. The van der Waals surface area contributed by atoms with Crippen LogP contribution >= 0.6 is 0 Å². The molecule has 0 aromatic rings. The second-order valence-electron chi connectivity index (χ2n) is 9.52. The normalized spacial score (nSPS) is 11.9. The van der Waals surface area contributed by atoms with Gasteiger partial charge in [0.25, 0.3) is 0 Å². The molecule has 31 heavy (non-hydrogen) atoms. The van der Waals surface area contributed by atoms with Crippen molar-refractivity contribution in [3.8, 4) is 0 Å². The van der Waals surface area contributed by atoms with Gasteiger partial charge < -0.3 is 5.32 Å². The van der Waals surface area contributed by atoms with E-state index in [1.807, 2.05) is 0 Å². The Bertz CT molecular complexity index is 357. The third-order valence-electron chi connectivity index (χ3n) is 6.26. The fraction of sp³-hybridized carbons (Fsp3) is 0.867. The average molecular weight is 434 g/mol. The molecule has 0 amide bonds. The predicted octanol–water partition coefficient (Wildman–Crippen LogP) is 10.3. The molecule has 0 aliphatic carbocycles. The van der Waals surface area contributed by atoms with Crippen molar-refractivity contribution in [1.82, 2.24) is 5.32 Å². The van der Waals surface area contributed by atoms with E-state index in [4.69, 9.17) is 0 Å². The summed E-state index contributed by atoms with van der Waals surface area (Å²) in [6.45, 7) is 7.03. The highest BCUT2D eigenvalue weighted by Gasteiger charge is 1.94. The van der Waals surface area contributed by atoms with E-state index in [2.05, 4.69) is 43.5 Å². The minimum absolute atomic E-state index is 1.13. The van der Waals surface area contributed by atoms with E-state index in [0.717, 1.165) is 6.42 Å². The molecule has 0 heterocycles. The largest absolute Gasteiger partial charge is 0.317 e. The van der Waals surface area contributed by atoms with Crippen LogP contribution in [0.4, 0.5) is 0 Å². The molecule has 1 heteroatoms. The maximum Gasteiger partial charge on any atom is -0.00489 e. The van der Waals surface area contributed by atoms with Crippen molar-refractivity contribution in [2.45, 2.75) is 155 Å². The highest BCUT2D eigenvalue weighted by Crippen LogP contribution is 2.11. The Labute approximate surface area is 197 Å². The molecule has 0 bridgehead atoms. The van der Waals surface area contributed by atoms with Gasteiger partial charge in [-0.05, 0) is 58.0 Å². The number of hydrogen-bond donors (Lipinski definition) is 1. The molecule has 0 aromatic carbocycles. The van der Waals surface area contributed by atoms with E-state index in [1.165, 1.54) is 148 Å². The lowest BCUT2D eigenvalue weighted by atomic mass is 10.1. The van der Waals surface area contributed by atoms with Crippen molar-refractivity contribution in [2.75, 3.05) is 13.1 Å². The Kier molecular flexibility index (Phi) is 28.9. The van der Waals surface area contributed by atoms with Crippen LogP contribution in [0.2, 0.25) is 0 Å². The molecular weight excluding hydrogens is 374 g/mol. The third-order valence-corrected chi connectivity index (χ3v) is 6.26. The summed E-state index contributed by atoms with van der Waals surface area (Å²) >= 11 is 0. The molecule has 184 valence electrons. The van der Waals surface area contributed by atoms with Gasteiger partial charge in [-0.2, -0.15) is 0 Å². The molecular formula is C30H59N. The molecule has 0 atom stereocenters. The Balaban J connectivity index is 3.08. The molecule has 1 nitrogen and oxygen atoms in total. The van der Waals surface area contributed by atoms with Gasteiger partial charge in [-0.15, -0.1) is 0 Å². The zero-order valence-corrected chi connectivity index (χ0v) is 21.8. The first-order valence-corrected chi connectivity index (χ1v) is 14.4. The van der Waals surface area contributed by atoms with Crippen LogP contribution in [0.3, 0.4) is 0 Å². The second kappa shape index (κ2) is 29.4. The van der Waals surface area contributed by atoms with Crippen LogP contribution in [0, 0.1) is 0 Å². The number of rotatable bonds is 26. The molecule has 0 rings (SSSR count). The van der Waals surface area contributed by atoms with E-state index < -0.39 is 0 Å². The summed E-state index contributed by atoms with van der Waals surface area (Å²) in [5, 5.41) is 3.64. The number of nitrogens with one attached hydrogen (secondary N) is 1. The fourth-order valence-corrected chi connectivity index (χ4v) is 4.10. The van der Waals surface area contributed by atoms with Crippen LogP contribution in [0.15, 0.2) is 24.3 Å². The monoisotopic (exact) mass is 433 g/mol. The van der Waals surface area contributed by atoms with Crippen LogP contribution in [0.5, 0.6) is 0 Å². The van der Waals surface area contributed by atoms with Gasteiger partial charge in [-0.25, -0.2) is 0 Å². The van der Waals surface area contributed by atoms with Crippen molar-refractivity contribution >= 4 is 0 Å². The van der Waals surface area contributed by atoms with Crippen molar-refractivity contribution < 1.29 is 0 Å². The zero-order chi connectivity index (χ0) is 22.5. The standard InChI is InChI=1S/C30H59N/c1-3-5-7-9-11-12-13-14-15-16-17-18-19-20-21-22-24-26-28-30-31-29-27-25-23-10-8-6-4-2/h11-12,14-15,31H,3-10,13,16-30H2,1-2H3. The number of unbranched alkanes of at least 4 members (excludes halogenated alkanes) is 18. The van der Waals surface area contributed by atoms with Crippen molar-refractivity contribution in [2.24, 2.45) is 0 Å². The Morgan fingerprint density at radius 2 is 0.742 bits per heavy atom. The van der Waals surface area contributed by atoms with E-state index in [9.17, 15) is 0 Å². The van der Waals surface area contributed by atoms with Gasteiger partial charge >= 0.3 is 0 Å². The van der Waals surface area contributed by atoms with Gasteiger partial charge in [0, 0.05) is 0 Å². The highest BCUT2D eigenvalue weighted by atomic mass is 14.8. The first-order valence-electron chi connectivity index (χ1n) is 14.4. The molecule has 0 fully saturated rings. The number of allylic oxidation sites excluding steroid dienone is 4. The van der Waals surface area contributed by atoms with Gasteiger partial charge in [0.2, 0.25) is 0 Å². The molecule has 0 aromatic heterocycles. The molecule has 0 aliphatic heterocycles. The Morgan fingerprint density at radius 1 is 0.387 bits per heavy atom. The lowest BCUT2D eigenvalue weighted by molar-refractivity contribution is 0.531. The summed E-state index contributed by atoms with van der Waals surface area (Å²) in [4.78, 5) is 0. The van der Waals surface area contributed by atoms with Gasteiger partial charge in [0.1, 0.15) is 0 Å². The van der Waals surface area contributed by atoms with E-state index in [1.54, 1.807) is 0 Å². The summed E-state index contributed by atoms with van der Waals surface area (Å²) in [5.74, 6) is 0. The minimum Gasteiger partial charge on any atom is -0.317 e. The van der Waals surface area contributed by atoms with Crippen LogP contribution in [0.25, 0.3) is 0 Å². The van der Waals surface area contributed by atoms with E-state index in [-0.39, 0.29) is 0 Å². The lowest BCUT2D eigenvalue weighted by Gasteiger charge is -2.05. The highest BCUT2D eigenvalue weighted by molar-refractivity contribution is 4.92. The molecule has 1 N–H and O–H groups in total. The summed E-state index contributed by atoms with van der Waals surface area (Å²) in [7, 11) is 0. The summed E-state index contributed by atoms with van der Waals surface area (Å²) in [6.07, 6.45) is 39.8. The molecule has 0 saturated carbocycles. The van der Waals surface area contributed by atoms with Gasteiger partial charge in [-0.3, -0.25) is 0 Å². The molecule has 0 unspecified atom stereocenters. The van der Waals surface area contributed by atoms with Crippen LogP contribution in [0.1, 0.15) is 155 Å². The smallest absolute Gasteiger partial charge is 0.00489 e. The van der Waals surface area contributed by atoms with Crippen LogP contribution in [-0.4, -0.2) is 13.1 Å². The molecule has 0 saturated heterocycles. The molecule has 0 radical (unpaired) electrons. The van der Waals surface area contributed by atoms with E-state index >= 15 is 0 Å².